The van der Waals surface area contributed by atoms with Gasteiger partial charge in [-0.3, -0.25) is 14.9 Å². The Labute approximate surface area is 142 Å². The number of hydrogen-bond donors (Lipinski definition) is 0. The molecule has 1 aromatic carbocycles. The van der Waals surface area contributed by atoms with E-state index >= 15 is 0 Å². The van der Waals surface area contributed by atoms with Crippen molar-refractivity contribution in [2.75, 3.05) is 13.1 Å². The average molecular weight is 325 g/mol. The minimum absolute atomic E-state index is 0.214. The van der Waals surface area contributed by atoms with Crippen LogP contribution in [0.2, 0.25) is 0 Å². The van der Waals surface area contributed by atoms with Crippen molar-refractivity contribution in [1.82, 2.24) is 14.9 Å². The molecule has 0 bridgehead atoms. The van der Waals surface area contributed by atoms with Crippen molar-refractivity contribution in [3.63, 3.8) is 0 Å². The summed E-state index contributed by atoms with van der Waals surface area (Å²) in [6.07, 6.45) is 11.3. The third-order valence-electron chi connectivity index (χ3n) is 5.52. The molecule has 2 fully saturated rings. The van der Waals surface area contributed by atoms with Gasteiger partial charge in [0.15, 0.2) is 0 Å². The van der Waals surface area contributed by atoms with Crippen LogP contribution in [0.25, 0.3) is 11.3 Å². The van der Waals surface area contributed by atoms with Crippen LogP contribution in [0.5, 0.6) is 0 Å². The fourth-order valence-corrected chi connectivity index (χ4v) is 4.31. The Balaban J connectivity index is 1.60. The van der Waals surface area contributed by atoms with Gasteiger partial charge < -0.3 is 0 Å². The standard InChI is InChI=1S/C20H24FN3/c21-17-9-7-15(8-10-17)19-20(23-12-11-22-19)16-4-3-13-24(14-16)18-5-1-2-6-18/h7-12,16,18H,1-6,13-14H2/t16-/m0/s1. The molecule has 1 aromatic heterocycles. The topological polar surface area (TPSA) is 29.0 Å². The van der Waals surface area contributed by atoms with Crippen LogP contribution in [0.15, 0.2) is 36.7 Å². The number of hydrogen-bond acceptors (Lipinski definition) is 3. The van der Waals surface area contributed by atoms with E-state index in [2.05, 4.69) is 14.9 Å². The zero-order chi connectivity index (χ0) is 16.4. The van der Waals surface area contributed by atoms with Crippen molar-refractivity contribution >= 4 is 0 Å². The fourth-order valence-electron chi connectivity index (χ4n) is 4.31. The maximum Gasteiger partial charge on any atom is 0.123 e. The van der Waals surface area contributed by atoms with Crippen LogP contribution < -0.4 is 0 Å². The molecule has 0 N–H and O–H groups in total. The first kappa shape index (κ1) is 15.7. The number of rotatable bonds is 3. The summed E-state index contributed by atoms with van der Waals surface area (Å²) in [5.41, 5.74) is 2.94. The van der Waals surface area contributed by atoms with Crippen molar-refractivity contribution in [2.45, 2.75) is 50.5 Å². The van der Waals surface area contributed by atoms with Gasteiger partial charge >= 0.3 is 0 Å². The maximum atomic E-state index is 13.2. The van der Waals surface area contributed by atoms with Crippen molar-refractivity contribution in [3.05, 3.63) is 48.2 Å². The highest BCUT2D eigenvalue weighted by atomic mass is 19.1. The van der Waals surface area contributed by atoms with Crippen LogP contribution in [0.4, 0.5) is 4.39 Å². The maximum absolute atomic E-state index is 13.2. The summed E-state index contributed by atoms with van der Waals surface area (Å²) in [5.74, 6) is 0.211. The molecule has 0 radical (unpaired) electrons. The van der Waals surface area contributed by atoms with Gasteiger partial charge in [0.2, 0.25) is 0 Å². The lowest BCUT2D eigenvalue weighted by atomic mass is 9.90. The Morgan fingerprint density at radius 2 is 1.67 bits per heavy atom. The van der Waals surface area contributed by atoms with Gasteiger partial charge in [0.05, 0.1) is 11.4 Å². The van der Waals surface area contributed by atoms with Gasteiger partial charge in [0.1, 0.15) is 5.82 Å². The quantitative estimate of drug-likeness (QED) is 0.837. The molecule has 1 saturated heterocycles. The minimum Gasteiger partial charge on any atom is -0.300 e. The average Bonchev–Trinajstić information content (AvgIpc) is 3.17. The van der Waals surface area contributed by atoms with Crippen LogP contribution in [-0.2, 0) is 0 Å². The summed E-state index contributed by atoms with van der Waals surface area (Å²) >= 11 is 0. The largest absolute Gasteiger partial charge is 0.300 e. The van der Waals surface area contributed by atoms with Crippen LogP contribution in [0.3, 0.4) is 0 Å². The number of aromatic nitrogens is 2. The van der Waals surface area contributed by atoms with Crippen LogP contribution in [-0.4, -0.2) is 34.0 Å². The lowest BCUT2D eigenvalue weighted by Crippen LogP contribution is -2.41. The van der Waals surface area contributed by atoms with Gasteiger partial charge in [0, 0.05) is 36.5 Å². The summed E-state index contributed by atoms with van der Waals surface area (Å²) in [6.45, 7) is 2.30. The molecule has 2 heterocycles. The predicted molar refractivity (Wildman–Crippen MR) is 93.2 cm³/mol. The molecule has 0 amide bonds. The predicted octanol–water partition coefficient (Wildman–Crippen LogP) is 4.40. The van der Waals surface area contributed by atoms with E-state index in [1.54, 1.807) is 24.5 Å². The highest BCUT2D eigenvalue weighted by molar-refractivity contribution is 5.62. The third kappa shape index (κ3) is 3.20. The Morgan fingerprint density at radius 1 is 0.917 bits per heavy atom. The SMILES string of the molecule is Fc1ccc(-c2nccnc2[C@H]2CCCN(C3CCCC3)C2)cc1. The molecule has 1 aliphatic heterocycles. The second-order valence-electron chi connectivity index (χ2n) is 7.07. The molecule has 1 atom stereocenters. The highest BCUT2D eigenvalue weighted by Crippen LogP contribution is 2.34. The van der Waals surface area contributed by atoms with Crippen molar-refractivity contribution < 1.29 is 4.39 Å². The van der Waals surface area contributed by atoms with Gasteiger partial charge in [-0.05, 0) is 56.5 Å². The van der Waals surface area contributed by atoms with E-state index in [1.165, 1.54) is 50.8 Å². The zero-order valence-corrected chi connectivity index (χ0v) is 14.0. The molecule has 2 aliphatic rings. The molecule has 2 aromatic rings. The van der Waals surface area contributed by atoms with Crippen LogP contribution >= 0.6 is 0 Å². The summed E-state index contributed by atoms with van der Waals surface area (Å²) in [6, 6.07) is 7.37. The van der Waals surface area contributed by atoms with E-state index in [0.717, 1.165) is 36.0 Å². The zero-order valence-electron chi connectivity index (χ0n) is 14.0. The lowest BCUT2D eigenvalue weighted by molar-refractivity contribution is 0.149. The lowest BCUT2D eigenvalue weighted by Gasteiger charge is -2.37. The molecule has 0 spiro atoms. The van der Waals surface area contributed by atoms with E-state index in [9.17, 15) is 4.39 Å². The molecule has 4 heteroatoms. The molecule has 1 aliphatic carbocycles. The summed E-state index contributed by atoms with van der Waals surface area (Å²) in [4.78, 5) is 11.9. The minimum atomic E-state index is -0.214. The van der Waals surface area contributed by atoms with E-state index in [1.807, 2.05) is 0 Å². The number of halogens is 1. The molecular weight excluding hydrogens is 301 g/mol. The van der Waals surface area contributed by atoms with Crippen molar-refractivity contribution in [2.24, 2.45) is 0 Å². The Hall–Kier alpha value is -1.81. The molecule has 24 heavy (non-hydrogen) atoms. The summed E-state index contributed by atoms with van der Waals surface area (Å²) in [5, 5.41) is 0. The molecule has 1 saturated carbocycles. The second-order valence-corrected chi connectivity index (χ2v) is 7.07. The summed E-state index contributed by atoms with van der Waals surface area (Å²) < 4.78 is 13.2. The Morgan fingerprint density at radius 3 is 2.46 bits per heavy atom. The second kappa shape index (κ2) is 6.98. The highest BCUT2D eigenvalue weighted by Gasteiger charge is 2.30. The van der Waals surface area contributed by atoms with E-state index in [-0.39, 0.29) is 5.82 Å². The molecule has 0 unspecified atom stereocenters. The first-order chi connectivity index (χ1) is 11.8. The molecule has 126 valence electrons. The van der Waals surface area contributed by atoms with E-state index < -0.39 is 0 Å². The Kier molecular flexibility index (Phi) is 4.56. The molecule has 4 rings (SSSR count). The van der Waals surface area contributed by atoms with E-state index in [4.69, 9.17) is 0 Å². The first-order valence-electron chi connectivity index (χ1n) is 9.12. The summed E-state index contributed by atoms with van der Waals surface area (Å²) in [7, 11) is 0. The van der Waals surface area contributed by atoms with Gasteiger partial charge in [0.25, 0.3) is 0 Å². The molecule has 3 nitrogen and oxygen atoms in total. The molecular formula is C20H24FN3. The van der Waals surface area contributed by atoms with Gasteiger partial charge in [-0.1, -0.05) is 12.8 Å². The third-order valence-corrected chi connectivity index (χ3v) is 5.52. The van der Waals surface area contributed by atoms with Crippen LogP contribution in [0.1, 0.15) is 50.1 Å². The van der Waals surface area contributed by atoms with E-state index in [0.29, 0.717) is 5.92 Å². The van der Waals surface area contributed by atoms with Crippen molar-refractivity contribution in [3.8, 4) is 11.3 Å². The monoisotopic (exact) mass is 325 g/mol. The fraction of sp³-hybridized carbons (Fsp3) is 0.500. The van der Waals surface area contributed by atoms with Gasteiger partial charge in [-0.2, -0.15) is 0 Å². The number of likely N-dealkylation sites (tertiary alicyclic amines) is 1. The van der Waals surface area contributed by atoms with Crippen LogP contribution in [0, 0.1) is 5.82 Å². The van der Waals surface area contributed by atoms with Gasteiger partial charge in [-0.15, -0.1) is 0 Å². The Bertz CT molecular complexity index is 680. The number of piperidine rings is 1. The number of nitrogens with zero attached hydrogens (tertiary/aromatic N) is 3. The first-order valence-corrected chi connectivity index (χ1v) is 9.12. The van der Waals surface area contributed by atoms with Gasteiger partial charge in [-0.25, -0.2) is 4.39 Å². The van der Waals surface area contributed by atoms with Crippen molar-refractivity contribution in [1.29, 1.82) is 0 Å². The normalized spacial score (nSPS) is 22.8. The number of benzene rings is 1. The smallest absolute Gasteiger partial charge is 0.123 e.